The van der Waals surface area contributed by atoms with Crippen LogP contribution in [0.4, 0.5) is 5.69 Å². The summed E-state index contributed by atoms with van der Waals surface area (Å²) in [6, 6.07) is 26.8. The Morgan fingerprint density at radius 1 is 0.808 bits per heavy atom. The highest BCUT2D eigenvalue weighted by Gasteiger charge is 2.35. The summed E-state index contributed by atoms with van der Waals surface area (Å²) in [6.07, 6.45) is 2.07. The van der Waals surface area contributed by atoms with Crippen LogP contribution in [0.2, 0.25) is 0 Å². The smallest absolute Gasteiger partial charge is 0.224 e. The van der Waals surface area contributed by atoms with E-state index in [2.05, 4.69) is 59.3 Å². The van der Waals surface area contributed by atoms with Crippen LogP contribution in [0.1, 0.15) is 24.2 Å². The molecule has 0 unspecified atom stereocenters. The first kappa shape index (κ1) is 15.0. The zero-order valence-corrected chi connectivity index (χ0v) is 14.5. The number of anilines is 1. The van der Waals surface area contributed by atoms with Crippen LogP contribution in [0, 0.1) is 0 Å². The van der Waals surface area contributed by atoms with E-state index in [9.17, 15) is 4.79 Å². The molecule has 1 aliphatic rings. The fourth-order valence-corrected chi connectivity index (χ4v) is 4.12. The number of carbonyl (C=O) groups is 1. The summed E-state index contributed by atoms with van der Waals surface area (Å²) in [5, 5.41) is 2.36. The van der Waals surface area contributed by atoms with Gasteiger partial charge in [0.25, 0.3) is 0 Å². The number of hydrogen-bond acceptors (Lipinski definition) is 1. The van der Waals surface area contributed by atoms with Crippen LogP contribution in [-0.2, 0) is 4.79 Å². The van der Waals surface area contributed by atoms with Gasteiger partial charge in [-0.1, -0.05) is 54.6 Å². The second kappa shape index (κ2) is 5.60. The molecular formula is C23H18N2O. The number of nitrogens with zero attached hydrogens (tertiary/aromatic N) is 2. The highest BCUT2D eigenvalue weighted by molar-refractivity contribution is 5.98. The molecule has 4 aromatic rings. The molecule has 1 aliphatic heterocycles. The van der Waals surface area contributed by atoms with Crippen molar-refractivity contribution >= 4 is 22.4 Å². The molecule has 3 aromatic carbocycles. The Hall–Kier alpha value is -3.33. The Labute approximate surface area is 152 Å². The monoisotopic (exact) mass is 338 g/mol. The van der Waals surface area contributed by atoms with Crippen LogP contribution in [0.25, 0.3) is 16.5 Å². The predicted molar refractivity (Wildman–Crippen MR) is 105 cm³/mol. The summed E-state index contributed by atoms with van der Waals surface area (Å²) >= 11 is 0. The molecule has 1 aromatic heterocycles. The molecule has 0 saturated carbocycles. The van der Waals surface area contributed by atoms with Gasteiger partial charge < -0.3 is 4.57 Å². The number of aromatic nitrogens is 1. The molecule has 1 amide bonds. The maximum atomic E-state index is 12.7. The van der Waals surface area contributed by atoms with E-state index < -0.39 is 0 Å². The topological polar surface area (TPSA) is 25.2 Å². The van der Waals surface area contributed by atoms with Gasteiger partial charge in [0.05, 0.1) is 17.1 Å². The van der Waals surface area contributed by atoms with Gasteiger partial charge in [-0.25, -0.2) is 0 Å². The fraction of sp³-hybridized carbons (Fsp3) is 0.0870. The zero-order chi connectivity index (χ0) is 17.7. The van der Waals surface area contributed by atoms with E-state index in [-0.39, 0.29) is 11.9 Å². The summed E-state index contributed by atoms with van der Waals surface area (Å²) in [5.41, 5.74) is 4.24. The Bertz CT molecular complexity index is 1140. The van der Waals surface area contributed by atoms with Crippen molar-refractivity contribution in [1.29, 1.82) is 0 Å². The summed E-state index contributed by atoms with van der Waals surface area (Å²) < 4.78 is 2.20. The highest BCUT2D eigenvalue weighted by atomic mass is 16.2. The van der Waals surface area contributed by atoms with E-state index in [0.717, 1.165) is 22.6 Å². The van der Waals surface area contributed by atoms with E-state index in [4.69, 9.17) is 0 Å². The van der Waals surface area contributed by atoms with Crippen molar-refractivity contribution in [3.63, 3.8) is 0 Å². The SMILES string of the molecule is CC(=O)N1c2ccccc2-n2cccc2[C@@H]1c1cccc2ccccc12. The molecular weight excluding hydrogens is 320 g/mol. The third-order valence-corrected chi connectivity index (χ3v) is 5.18. The molecule has 3 heteroatoms. The first-order valence-corrected chi connectivity index (χ1v) is 8.80. The second-order valence-electron chi connectivity index (χ2n) is 6.65. The highest BCUT2D eigenvalue weighted by Crippen LogP contribution is 2.43. The van der Waals surface area contributed by atoms with Crippen LogP contribution in [0.15, 0.2) is 85.1 Å². The number of benzene rings is 3. The molecule has 0 radical (unpaired) electrons. The van der Waals surface area contributed by atoms with Crippen molar-refractivity contribution in [2.45, 2.75) is 13.0 Å². The third-order valence-electron chi connectivity index (χ3n) is 5.18. The maximum Gasteiger partial charge on any atom is 0.224 e. The molecule has 1 atom stereocenters. The van der Waals surface area contributed by atoms with Crippen LogP contribution in [-0.4, -0.2) is 10.5 Å². The molecule has 2 heterocycles. The third kappa shape index (κ3) is 2.04. The van der Waals surface area contributed by atoms with Crippen LogP contribution < -0.4 is 4.90 Å². The first-order chi connectivity index (χ1) is 12.8. The Balaban J connectivity index is 1.85. The molecule has 126 valence electrons. The van der Waals surface area contributed by atoms with E-state index in [0.29, 0.717) is 0 Å². The zero-order valence-electron chi connectivity index (χ0n) is 14.5. The van der Waals surface area contributed by atoms with Gasteiger partial charge in [0.15, 0.2) is 0 Å². The second-order valence-corrected chi connectivity index (χ2v) is 6.65. The lowest BCUT2D eigenvalue weighted by molar-refractivity contribution is -0.117. The van der Waals surface area contributed by atoms with E-state index in [1.807, 2.05) is 35.2 Å². The van der Waals surface area contributed by atoms with Crippen molar-refractivity contribution in [2.75, 3.05) is 4.90 Å². The molecule has 26 heavy (non-hydrogen) atoms. The molecule has 3 nitrogen and oxygen atoms in total. The number of hydrogen-bond donors (Lipinski definition) is 0. The van der Waals surface area contributed by atoms with Crippen molar-refractivity contribution in [2.24, 2.45) is 0 Å². The van der Waals surface area contributed by atoms with E-state index in [1.165, 1.54) is 10.8 Å². The Morgan fingerprint density at radius 3 is 2.38 bits per heavy atom. The molecule has 5 rings (SSSR count). The van der Waals surface area contributed by atoms with Crippen molar-refractivity contribution in [3.05, 3.63) is 96.3 Å². The minimum absolute atomic E-state index is 0.0443. The standard InChI is InChI=1S/C23H18N2O/c1-16(26)25-21-13-5-4-12-20(21)24-15-7-14-22(24)23(25)19-11-6-9-17-8-2-3-10-18(17)19/h2-15,23H,1H3/t23-/m0/s1. The summed E-state index contributed by atoms with van der Waals surface area (Å²) in [4.78, 5) is 14.7. The number of fused-ring (bicyclic) bond motifs is 4. The van der Waals surface area contributed by atoms with E-state index in [1.54, 1.807) is 6.92 Å². The van der Waals surface area contributed by atoms with Crippen LogP contribution in [0.3, 0.4) is 0 Å². The van der Waals surface area contributed by atoms with Crippen molar-refractivity contribution in [1.82, 2.24) is 4.57 Å². The average Bonchev–Trinajstić information content (AvgIpc) is 3.16. The number of rotatable bonds is 1. The molecule has 0 saturated heterocycles. The predicted octanol–water partition coefficient (Wildman–Crippen LogP) is 5.09. The fourth-order valence-electron chi connectivity index (χ4n) is 4.12. The first-order valence-electron chi connectivity index (χ1n) is 8.80. The minimum atomic E-state index is -0.150. The van der Waals surface area contributed by atoms with Crippen LogP contribution >= 0.6 is 0 Å². The number of para-hydroxylation sites is 2. The lowest BCUT2D eigenvalue weighted by Gasteiger charge is -2.38. The molecule has 0 bridgehead atoms. The van der Waals surface area contributed by atoms with Gasteiger partial charge in [0.1, 0.15) is 6.04 Å². The summed E-state index contributed by atoms with van der Waals surface area (Å²) in [6.45, 7) is 1.65. The number of carbonyl (C=O) groups excluding carboxylic acids is 1. The van der Waals surface area contributed by atoms with Gasteiger partial charge in [-0.2, -0.15) is 0 Å². The largest absolute Gasteiger partial charge is 0.316 e. The van der Waals surface area contributed by atoms with Gasteiger partial charge in [0, 0.05) is 13.1 Å². The number of amides is 1. The molecule has 0 fully saturated rings. The van der Waals surface area contributed by atoms with Gasteiger partial charge in [-0.3, -0.25) is 9.69 Å². The van der Waals surface area contributed by atoms with Gasteiger partial charge >= 0.3 is 0 Å². The molecule has 0 N–H and O–H groups in total. The lowest BCUT2D eigenvalue weighted by Crippen LogP contribution is -2.38. The lowest BCUT2D eigenvalue weighted by atomic mass is 9.93. The van der Waals surface area contributed by atoms with Gasteiger partial charge in [-0.15, -0.1) is 0 Å². The van der Waals surface area contributed by atoms with Gasteiger partial charge in [-0.05, 0) is 40.6 Å². The molecule has 0 aliphatic carbocycles. The van der Waals surface area contributed by atoms with Gasteiger partial charge in [0.2, 0.25) is 5.91 Å². The Morgan fingerprint density at radius 2 is 1.54 bits per heavy atom. The Kier molecular flexibility index (Phi) is 3.22. The minimum Gasteiger partial charge on any atom is -0.316 e. The quantitative estimate of drug-likeness (QED) is 0.475. The average molecular weight is 338 g/mol. The summed E-state index contributed by atoms with van der Waals surface area (Å²) in [7, 11) is 0. The summed E-state index contributed by atoms with van der Waals surface area (Å²) in [5.74, 6) is 0.0443. The normalized spacial score (nSPS) is 15.6. The molecule has 0 spiro atoms. The maximum absolute atomic E-state index is 12.7. The van der Waals surface area contributed by atoms with E-state index >= 15 is 0 Å². The van der Waals surface area contributed by atoms with Crippen LogP contribution in [0.5, 0.6) is 0 Å². The van der Waals surface area contributed by atoms with Crippen molar-refractivity contribution < 1.29 is 4.79 Å². The van der Waals surface area contributed by atoms with Crippen molar-refractivity contribution in [3.8, 4) is 5.69 Å².